The standard InChI is InChI=1S/C16H24N4/c1-2-5-16-15(4-1)19-13-20(16)11-3-8-18-12-14-6-9-17-10-7-14/h1-2,4-5,13-14,17-18H,3,6-12H2. The number of aromatic nitrogens is 2. The molecule has 3 rings (SSSR count). The van der Waals surface area contributed by atoms with E-state index in [0.29, 0.717) is 0 Å². The monoisotopic (exact) mass is 272 g/mol. The highest BCUT2D eigenvalue weighted by Crippen LogP contribution is 2.12. The second kappa shape index (κ2) is 6.86. The summed E-state index contributed by atoms with van der Waals surface area (Å²) in [7, 11) is 0. The topological polar surface area (TPSA) is 41.9 Å². The molecule has 2 heterocycles. The molecule has 0 atom stereocenters. The number of hydrogen-bond donors (Lipinski definition) is 2. The predicted octanol–water partition coefficient (Wildman–Crippen LogP) is 2.02. The van der Waals surface area contributed by atoms with Gasteiger partial charge in [-0.2, -0.15) is 0 Å². The third kappa shape index (κ3) is 3.38. The SMILES string of the molecule is c1ccc2c(c1)ncn2CCCNCC1CCNCC1. The smallest absolute Gasteiger partial charge is 0.0958 e. The van der Waals surface area contributed by atoms with Crippen molar-refractivity contribution in [1.82, 2.24) is 20.2 Å². The predicted molar refractivity (Wildman–Crippen MR) is 82.8 cm³/mol. The summed E-state index contributed by atoms with van der Waals surface area (Å²) in [5.74, 6) is 0.866. The molecule has 0 amide bonds. The lowest BCUT2D eigenvalue weighted by atomic mass is 9.98. The molecule has 0 saturated carbocycles. The van der Waals surface area contributed by atoms with E-state index in [1.54, 1.807) is 0 Å². The Morgan fingerprint density at radius 3 is 3.00 bits per heavy atom. The van der Waals surface area contributed by atoms with Crippen molar-refractivity contribution >= 4 is 11.0 Å². The second-order valence-corrected chi connectivity index (χ2v) is 5.68. The van der Waals surface area contributed by atoms with E-state index in [1.807, 2.05) is 12.4 Å². The second-order valence-electron chi connectivity index (χ2n) is 5.68. The molecule has 20 heavy (non-hydrogen) atoms. The van der Waals surface area contributed by atoms with Crippen LogP contribution in [0.4, 0.5) is 0 Å². The number of benzene rings is 1. The largest absolute Gasteiger partial charge is 0.331 e. The Morgan fingerprint density at radius 2 is 2.10 bits per heavy atom. The number of aryl methyl sites for hydroxylation is 1. The fraction of sp³-hybridized carbons (Fsp3) is 0.562. The summed E-state index contributed by atoms with van der Waals surface area (Å²) < 4.78 is 2.25. The Bertz CT molecular complexity index is 528. The molecule has 4 heteroatoms. The first kappa shape index (κ1) is 13.6. The minimum Gasteiger partial charge on any atom is -0.331 e. The summed E-state index contributed by atoms with van der Waals surface area (Å²) in [4.78, 5) is 4.43. The summed E-state index contributed by atoms with van der Waals surface area (Å²) in [6.07, 6.45) is 5.75. The zero-order valence-electron chi connectivity index (χ0n) is 12.0. The summed E-state index contributed by atoms with van der Waals surface area (Å²) >= 11 is 0. The van der Waals surface area contributed by atoms with Gasteiger partial charge in [-0.1, -0.05) is 12.1 Å². The quantitative estimate of drug-likeness (QED) is 0.791. The molecule has 0 unspecified atom stereocenters. The summed E-state index contributed by atoms with van der Waals surface area (Å²) in [6.45, 7) is 5.68. The van der Waals surface area contributed by atoms with Crippen molar-refractivity contribution in [3.8, 4) is 0 Å². The van der Waals surface area contributed by atoms with Crippen molar-refractivity contribution in [3.05, 3.63) is 30.6 Å². The zero-order valence-corrected chi connectivity index (χ0v) is 12.0. The van der Waals surface area contributed by atoms with Gasteiger partial charge in [0.15, 0.2) is 0 Å². The highest BCUT2D eigenvalue weighted by atomic mass is 15.0. The molecule has 1 aromatic carbocycles. The number of fused-ring (bicyclic) bond motifs is 1. The van der Waals surface area contributed by atoms with Crippen molar-refractivity contribution in [1.29, 1.82) is 0 Å². The average molecular weight is 272 g/mol. The van der Waals surface area contributed by atoms with Crippen LogP contribution in [0.2, 0.25) is 0 Å². The van der Waals surface area contributed by atoms with Gasteiger partial charge in [0.1, 0.15) is 0 Å². The van der Waals surface area contributed by atoms with Crippen molar-refractivity contribution < 1.29 is 0 Å². The average Bonchev–Trinajstić information content (AvgIpc) is 2.91. The van der Waals surface area contributed by atoms with E-state index in [9.17, 15) is 0 Å². The van der Waals surface area contributed by atoms with Gasteiger partial charge in [-0.15, -0.1) is 0 Å². The van der Waals surface area contributed by atoms with E-state index in [2.05, 4.69) is 38.4 Å². The Kier molecular flexibility index (Phi) is 4.66. The Hall–Kier alpha value is -1.39. The molecule has 1 aliphatic rings. The van der Waals surface area contributed by atoms with Crippen LogP contribution in [0.1, 0.15) is 19.3 Å². The molecular weight excluding hydrogens is 248 g/mol. The van der Waals surface area contributed by atoms with Crippen molar-refractivity contribution in [2.75, 3.05) is 26.2 Å². The molecule has 0 aliphatic carbocycles. The maximum absolute atomic E-state index is 4.43. The van der Waals surface area contributed by atoms with Crippen LogP contribution in [0.25, 0.3) is 11.0 Å². The Labute approximate surface area is 120 Å². The third-order valence-electron chi connectivity index (χ3n) is 4.17. The van der Waals surface area contributed by atoms with Crippen LogP contribution < -0.4 is 10.6 Å². The fourth-order valence-corrected chi connectivity index (χ4v) is 2.95. The molecular formula is C16H24N4. The Balaban J connectivity index is 1.39. The van der Waals surface area contributed by atoms with E-state index in [4.69, 9.17) is 0 Å². The minimum absolute atomic E-state index is 0.866. The number of piperidine rings is 1. The molecule has 2 N–H and O–H groups in total. The number of imidazole rings is 1. The van der Waals surface area contributed by atoms with Gasteiger partial charge >= 0.3 is 0 Å². The van der Waals surface area contributed by atoms with E-state index in [-0.39, 0.29) is 0 Å². The third-order valence-corrected chi connectivity index (χ3v) is 4.17. The highest BCUT2D eigenvalue weighted by Gasteiger charge is 2.11. The van der Waals surface area contributed by atoms with Gasteiger partial charge in [0, 0.05) is 6.54 Å². The number of nitrogens with zero attached hydrogens (tertiary/aromatic N) is 2. The number of rotatable bonds is 6. The van der Waals surface area contributed by atoms with Crippen LogP contribution in [0.5, 0.6) is 0 Å². The van der Waals surface area contributed by atoms with Gasteiger partial charge in [0.25, 0.3) is 0 Å². The van der Waals surface area contributed by atoms with Crippen molar-refractivity contribution in [3.63, 3.8) is 0 Å². The molecule has 0 radical (unpaired) electrons. The normalized spacial score (nSPS) is 16.8. The first-order valence-corrected chi connectivity index (χ1v) is 7.75. The molecule has 1 fully saturated rings. The van der Waals surface area contributed by atoms with Crippen LogP contribution in [-0.2, 0) is 6.54 Å². The lowest BCUT2D eigenvalue weighted by molar-refractivity contribution is 0.355. The molecule has 0 spiro atoms. The number of nitrogens with one attached hydrogen (secondary N) is 2. The van der Waals surface area contributed by atoms with E-state index < -0.39 is 0 Å². The number of para-hydroxylation sites is 2. The molecule has 4 nitrogen and oxygen atoms in total. The van der Waals surface area contributed by atoms with Gasteiger partial charge in [0.2, 0.25) is 0 Å². The van der Waals surface area contributed by atoms with Crippen LogP contribution >= 0.6 is 0 Å². The van der Waals surface area contributed by atoms with E-state index in [0.717, 1.165) is 30.9 Å². The van der Waals surface area contributed by atoms with Gasteiger partial charge < -0.3 is 15.2 Å². The van der Waals surface area contributed by atoms with Crippen LogP contribution in [0.3, 0.4) is 0 Å². The lowest BCUT2D eigenvalue weighted by Crippen LogP contribution is -2.34. The first-order chi connectivity index (χ1) is 9.93. The molecule has 108 valence electrons. The zero-order chi connectivity index (χ0) is 13.6. The molecule has 1 saturated heterocycles. The van der Waals surface area contributed by atoms with Gasteiger partial charge in [-0.05, 0) is 63.5 Å². The van der Waals surface area contributed by atoms with Crippen LogP contribution in [0.15, 0.2) is 30.6 Å². The number of hydrogen-bond acceptors (Lipinski definition) is 3. The Morgan fingerprint density at radius 1 is 1.25 bits per heavy atom. The first-order valence-electron chi connectivity index (χ1n) is 7.75. The lowest BCUT2D eigenvalue weighted by Gasteiger charge is -2.22. The van der Waals surface area contributed by atoms with E-state index >= 15 is 0 Å². The molecule has 1 aliphatic heterocycles. The van der Waals surface area contributed by atoms with Gasteiger partial charge in [-0.3, -0.25) is 0 Å². The summed E-state index contributed by atoms with van der Waals surface area (Å²) in [6, 6.07) is 8.34. The molecule has 0 bridgehead atoms. The molecule has 2 aromatic rings. The minimum atomic E-state index is 0.866. The van der Waals surface area contributed by atoms with E-state index in [1.165, 1.54) is 38.0 Å². The van der Waals surface area contributed by atoms with Crippen molar-refractivity contribution in [2.24, 2.45) is 5.92 Å². The maximum atomic E-state index is 4.43. The maximum Gasteiger partial charge on any atom is 0.0958 e. The summed E-state index contributed by atoms with van der Waals surface area (Å²) in [5.41, 5.74) is 2.33. The fourth-order valence-electron chi connectivity index (χ4n) is 2.95. The van der Waals surface area contributed by atoms with Crippen molar-refractivity contribution in [2.45, 2.75) is 25.8 Å². The van der Waals surface area contributed by atoms with Gasteiger partial charge in [-0.25, -0.2) is 4.98 Å². The summed E-state index contributed by atoms with van der Waals surface area (Å²) in [5, 5.41) is 7.02. The van der Waals surface area contributed by atoms with Crippen LogP contribution in [-0.4, -0.2) is 35.7 Å². The molecule has 1 aromatic heterocycles. The van der Waals surface area contributed by atoms with Crippen LogP contribution in [0, 0.1) is 5.92 Å². The highest BCUT2D eigenvalue weighted by molar-refractivity contribution is 5.74. The van der Waals surface area contributed by atoms with Gasteiger partial charge in [0.05, 0.1) is 17.4 Å².